The first-order chi connectivity index (χ1) is 28.3. The number of hydrogen-bond acceptors (Lipinski definition) is 8. The van der Waals surface area contributed by atoms with Crippen molar-refractivity contribution in [3.63, 3.8) is 0 Å². The van der Waals surface area contributed by atoms with E-state index >= 15 is 0 Å². The molecule has 7 aromatic carbocycles. The van der Waals surface area contributed by atoms with Crippen LogP contribution in [-0.4, -0.2) is 28.1 Å². The van der Waals surface area contributed by atoms with Gasteiger partial charge < -0.3 is 8.83 Å². The van der Waals surface area contributed by atoms with E-state index in [1.165, 1.54) is 15.2 Å². The predicted molar refractivity (Wildman–Crippen MR) is 219 cm³/mol. The lowest BCUT2D eigenvalue weighted by Gasteiger charge is -2.10. The van der Waals surface area contributed by atoms with Gasteiger partial charge in [-0.15, -0.1) is 0 Å². The third-order valence-corrected chi connectivity index (χ3v) is 10.7. The summed E-state index contributed by atoms with van der Waals surface area (Å²) < 4.78 is 17.2. The molecule has 14 heteroatoms. The molecule has 0 aliphatic rings. The molecule has 0 aliphatic carbocycles. The van der Waals surface area contributed by atoms with E-state index in [0.717, 1.165) is 36.7 Å². The first-order valence-corrected chi connectivity index (χ1v) is 18.0. The Labute approximate surface area is 323 Å². The van der Waals surface area contributed by atoms with Crippen LogP contribution in [0.25, 0.3) is 88.7 Å². The number of hydrogen-bond donors (Lipinski definition) is 0. The van der Waals surface area contributed by atoms with E-state index in [4.69, 9.17) is 8.83 Å². The predicted octanol–water partition coefficient (Wildman–Crippen LogP) is 9.49. The Balaban J connectivity index is 1.18. The van der Waals surface area contributed by atoms with Crippen molar-refractivity contribution in [2.24, 2.45) is 0 Å². The van der Waals surface area contributed by atoms with E-state index in [0.29, 0.717) is 55.8 Å². The van der Waals surface area contributed by atoms with Gasteiger partial charge in [-0.25, -0.2) is 9.59 Å². The van der Waals surface area contributed by atoms with Crippen LogP contribution in [0.5, 0.6) is 0 Å². The molecule has 11 aromatic rings. The molecule has 0 saturated heterocycles. The van der Waals surface area contributed by atoms with Gasteiger partial charge in [-0.2, -0.15) is 0 Å². The van der Waals surface area contributed by atoms with Crippen molar-refractivity contribution >= 4 is 77.3 Å². The van der Waals surface area contributed by atoms with E-state index in [-0.39, 0.29) is 11.4 Å². The van der Waals surface area contributed by atoms with Crippen molar-refractivity contribution in [1.29, 1.82) is 0 Å². The van der Waals surface area contributed by atoms with Gasteiger partial charge in [0.2, 0.25) is 0 Å². The van der Waals surface area contributed by atoms with Gasteiger partial charge in [0.25, 0.3) is 11.4 Å². The minimum absolute atomic E-state index is 0.268. The number of nitro groups is 2. The van der Waals surface area contributed by atoms with Gasteiger partial charge in [-0.1, -0.05) is 60.7 Å². The summed E-state index contributed by atoms with van der Waals surface area (Å²) in [7, 11) is 0. The highest BCUT2D eigenvalue weighted by atomic mass is 16.6. The van der Waals surface area contributed by atoms with Crippen LogP contribution in [0.15, 0.2) is 164 Å². The summed E-state index contributed by atoms with van der Waals surface area (Å²) in [6.07, 6.45) is 0. The minimum Gasteiger partial charge on any atom is -0.456 e. The van der Waals surface area contributed by atoms with E-state index < -0.39 is 32.6 Å². The summed E-state index contributed by atoms with van der Waals surface area (Å²) in [6.45, 7) is 0. The molecule has 4 aromatic heterocycles. The summed E-state index contributed by atoms with van der Waals surface area (Å²) in [4.78, 5) is 53.6. The molecule has 11 rings (SSSR count). The highest BCUT2D eigenvalue weighted by Gasteiger charge is 2.32. The first kappa shape index (κ1) is 32.9. The number of furan rings is 2. The molecule has 0 saturated carbocycles. The maximum absolute atomic E-state index is 14.8. The van der Waals surface area contributed by atoms with Gasteiger partial charge in [0.15, 0.2) is 0 Å². The summed E-state index contributed by atoms with van der Waals surface area (Å²) in [5.74, 6) is 0. The number of benzene rings is 7. The third-order valence-electron chi connectivity index (χ3n) is 10.7. The highest BCUT2D eigenvalue weighted by molar-refractivity contribution is 6.06. The summed E-state index contributed by atoms with van der Waals surface area (Å²) >= 11 is 0. The topological polar surface area (TPSA) is 166 Å². The Hall–Kier alpha value is -8.52. The van der Waals surface area contributed by atoms with Crippen LogP contribution in [0.3, 0.4) is 0 Å². The van der Waals surface area contributed by atoms with E-state index in [9.17, 15) is 29.8 Å². The molecule has 0 amide bonds. The summed E-state index contributed by atoms with van der Waals surface area (Å²) in [6, 6.07) is 41.1. The van der Waals surface area contributed by atoms with Crippen LogP contribution in [0.4, 0.5) is 11.4 Å². The zero-order valence-corrected chi connectivity index (χ0v) is 29.8. The smallest absolute Gasteiger partial charge is 0.338 e. The maximum atomic E-state index is 14.8. The van der Waals surface area contributed by atoms with Gasteiger partial charge in [-0.05, 0) is 72.8 Å². The molecular formula is C44H24N6O8. The molecule has 58 heavy (non-hydrogen) atoms. The Bertz CT molecular complexity index is 3470. The highest BCUT2D eigenvalue weighted by Crippen LogP contribution is 2.38. The molecule has 0 spiro atoms. The van der Waals surface area contributed by atoms with Crippen LogP contribution in [0, 0.1) is 20.2 Å². The van der Waals surface area contributed by atoms with E-state index in [1.54, 1.807) is 72.8 Å². The van der Waals surface area contributed by atoms with Crippen molar-refractivity contribution in [3.8, 4) is 22.7 Å². The Kier molecular flexibility index (Phi) is 6.79. The first-order valence-electron chi connectivity index (χ1n) is 18.0. The molecule has 0 fully saturated rings. The average Bonchev–Trinajstić information content (AvgIpc) is 3.96. The second kappa shape index (κ2) is 12.0. The number of fused-ring (bicyclic) bond motifs is 8. The standard InChI is InChI=1S/C44H24N6O8/c51-43-45(25-17-19-41-29(21-25)27-9-1-7-15-39(27)57-41)31-11-3-5-13-33(31)47(43)35-23-36(38(50(55)56)24-37(35)49(53)54)48-34-14-6-4-12-32(34)46(44(48)52)26-18-20-42-30(22-26)28-10-2-8-16-40(28)58-42/h1-24H. The number of nitrogens with zero attached hydrogens (tertiary/aromatic N) is 6. The van der Waals surface area contributed by atoms with Crippen molar-refractivity contribution in [1.82, 2.24) is 18.3 Å². The van der Waals surface area contributed by atoms with Gasteiger partial charge in [-0.3, -0.25) is 38.5 Å². The molecule has 0 radical (unpaired) electrons. The van der Waals surface area contributed by atoms with Gasteiger partial charge >= 0.3 is 11.4 Å². The SMILES string of the molecule is O=c1n(-c2ccc3oc4ccccc4c3c2)c2ccccc2n1-c1cc(-n2c(=O)n(-c3ccc4oc5ccccc5c4c3)c3ccccc32)c([N+](=O)[O-])cc1[N+](=O)[O-]. The number of para-hydroxylation sites is 6. The fourth-order valence-corrected chi connectivity index (χ4v) is 8.17. The molecule has 278 valence electrons. The quantitative estimate of drug-likeness (QED) is 0.119. The van der Waals surface area contributed by atoms with Crippen LogP contribution < -0.4 is 11.4 Å². The Morgan fingerprint density at radius 1 is 0.397 bits per heavy atom. The lowest BCUT2D eigenvalue weighted by molar-refractivity contribution is -0.393. The van der Waals surface area contributed by atoms with E-state index in [2.05, 4.69) is 0 Å². The molecule has 0 N–H and O–H groups in total. The largest absolute Gasteiger partial charge is 0.456 e. The summed E-state index contributed by atoms with van der Waals surface area (Å²) in [5, 5.41) is 28.8. The van der Waals surface area contributed by atoms with Crippen LogP contribution in [-0.2, 0) is 0 Å². The second-order valence-corrected chi connectivity index (χ2v) is 13.8. The number of aromatic nitrogens is 4. The van der Waals surface area contributed by atoms with Crippen molar-refractivity contribution in [2.75, 3.05) is 0 Å². The molecule has 0 aliphatic heterocycles. The lowest BCUT2D eigenvalue weighted by Crippen LogP contribution is -2.25. The molecule has 0 bridgehead atoms. The Morgan fingerprint density at radius 3 is 1.17 bits per heavy atom. The van der Waals surface area contributed by atoms with Crippen molar-refractivity contribution < 1.29 is 18.7 Å². The van der Waals surface area contributed by atoms with Gasteiger partial charge in [0.05, 0.1) is 49.4 Å². The van der Waals surface area contributed by atoms with Crippen LogP contribution in [0.1, 0.15) is 0 Å². The second-order valence-electron chi connectivity index (χ2n) is 13.8. The Morgan fingerprint density at radius 2 is 0.759 bits per heavy atom. The normalized spacial score (nSPS) is 11.9. The molecule has 0 unspecified atom stereocenters. The van der Waals surface area contributed by atoms with Crippen LogP contribution >= 0.6 is 0 Å². The lowest BCUT2D eigenvalue weighted by atomic mass is 10.1. The monoisotopic (exact) mass is 764 g/mol. The van der Waals surface area contributed by atoms with Crippen molar-refractivity contribution in [3.05, 3.63) is 187 Å². The number of rotatable bonds is 6. The molecule has 4 heterocycles. The summed E-state index contributed by atoms with van der Waals surface area (Å²) in [5.41, 5.74) is 1.63. The molecule has 14 nitrogen and oxygen atoms in total. The van der Waals surface area contributed by atoms with E-state index in [1.807, 2.05) is 60.7 Å². The number of imidazole rings is 2. The zero-order valence-electron chi connectivity index (χ0n) is 29.8. The number of nitro benzene ring substituents is 2. The zero-order chi connectivity index (χ0) is 39.4. The minimum atomic E-state index is -0.773. The molecular weight excluding hydrogens is 741 g/mol. The average molecular weight is 765 g/mol. The maximum Gasteiger partial charge on any atom is 0.338 e. The fourth-order valence-electron chi connectivity index (χ4n) is 8.17. The van der Waals surface area contributed by atoms with Gasteiger partial charge in [0, 0.05) is 27.6 Å². The van der Waals surface area contributed by atoms with Gasteiger partial charge in [0.1, 0.15) is 33.7 Å². The third kappa shape index (κ3) is 4.59. The van der Waals surface area contributed by atoms with Crippen molar-refractivity contribution in [2.45, 2.75) is 0 Å². The van der Waals surface area contributed by atoms with Crippen LogP contribution in [0.2, 0.25) is 0 Å². The fraction of sp³-hybridized carbons (Fsp3) is 0. The molecule has 0 atom stereocenters.